The average Bonchev–Trinajstić information content (AvgIpc) is 3.27. The molecule has 0 saturated heterocycles. The van der Waals surface area contributed by atoms with Crippen molar-refractivity contribution in [2.45, 2.75) is 0 Å². The summed E-state index contributed by atoms with van der Waals surface area (Å²) in [6, 6.07) is 12.0. The number of rotatable bonds is 8. The molecule has 11 heteroatoms. The van der Waals surface area contributed by atoms with Gasteiger partial charge in [-0.25, -0.2) is 10.2 Å². The van der Waals surface area contributed by atoms with E-state index in [1.807, 2.05) is 0 Å². The Morgan fingerprint density at radius 1 is 1.03 bits per heavy atom. The Hall–Kier alpha value is -2.21. The number of benzene rings is 2. The number of carbonyl (C=O) groups excluding carboxylic acids is 2. The predicted octanol–water partition coefficient (Wildman–Crippen LogP) is 6.48. The summed E-state index contributed by atoms with van der Waals surface area (Å²) >= 11 is 13.5. The van der Waals surface area contributed by atoms with Crippen LogP contribution >= 0.6 is 63.7 Å². The number of halogens is 4. The first kappa shape index (κ1) is 25.4. The maximum absolute atomic E-state index is 12.1. The number of nitrogens with one attached hydrogen (secondary N) is 1. The van der Waals surface area contributed by atoms with Gasteiger partial charge in [0.25, 0.3) is 5.91 Å². The highest BCUT2D eigenvalue weighted by Crippen LogP contribution is 2.36. The van der Waals surface area contributed by atoms with E-state index in [1.165, 1.54) is 24.6 Å². The van der Waals surface area contributed by atoms with Crippen molar-refractivity contribution in [2.75, 3.05) is 6.61 Å². The molecular weight excluding hydrogens is 692 g/mol. The molecular formula is C22H14Br4N2O5. The van der Waals surface area contributed by atoms with Gasteiger partial charge < -0.3 is 13.9 Å². The van der Waals surface area contributed by atoms with E-state index in [4.69, 9.17) is 13.9 Å². The lowest BCUT2D eigenvalue weighted by atomic mass is 10.2. The minimum absolute atomic E-state index is 0.256. The molecule has 0 aliphatic rings. The molecule has 0 spiro atoms. The number of ether oxygens (including phenoxy) is 2. The Morgan fingerprint density at radius 3 is 2.48 bits per heavy atom. The zero-order chi connectivity index (χ0) is 23.8. The van der Waals surface area contributed by atoms with Crippen LogP contribution in [0.4, 0.5) is 0 Å². The summed E-state index contributed by atoms with van der Waals surface area (Å²) in [5.74, 6) is 0.219. The van der Waals surface area contributed by atoms with Gasteiger partial charge in [0.2, 0.25) is 0 Å². The Kier molecular flexibility index (Phi) is 9.48. The van der Waals surface area contributed by atoms with Crippen molar-refractivity contribution in [3.8, 4) is 11.5 Å². The van der Waals surface area contributed by atoms with Crippen LogP contribution in [-0.4, -0.2) is 24.7 Å². The molecule has 1 N–H and O–H groups in total. The number of furan rings is 1. The van der Waals surface area contributed by atoms with Crippen LogP contribution < -0.4 is 14.9 Å². The first-order chi connectivity index (χ1) is 15.8. The summed E-state index contributed by atoms with van der Waals surface area (Å²) in [4.78, 5) is 24.2. The molecule has 170 valence electrons. The molecule has 3 aromatic rings. The summed E-state index contributed by atoms with van der Waals surface area (Å²) in [5, 5.41) is 3.93. The van der Waals surface area contributed by atoms with E-state index in [1.54, 1.807) is 42.5 Å². The average molecular weight is 706 g/mol. The van der Waals surface area contributed by atoms with Crippen LogP contribution in [0.1, 0.15) is 11.3 Å². The van der Waals surface area contributed by atoms with Gasteiger partial charge in [0.15, 0.2) is 6.61 Å². The van der Waals surface area contributed by atoms with Crippen molar-refractivity contribution < 1.29 is 23.5 Å². The maximum Gasteiger partial charge on any atom is 0.336 e. The molecule has 0 aliphatic carbocycles. The van der Waals surface area contributed by atoms with Crippen LogP contribution in [-0.2, 0) is 9.59 Å². The molecule has 0 unspecified atom stereocenters. The second-order valence-corrected chi connectivity index (χ2v) is 9.77. The van der Waals surface area contributed by atoms with E-state index in [-0.39, 0.29) is 12.4 Å². The summed E-state index contributed by atoms with van der Waals surface area (Å²) in [5.41, 5.74) is 2.85. The highest BCUT2D eigenvalue weighted by Gasteiger charge is 2.11. The van der Waals surface area contributed by atoms with Crippen molar-refractivity contribution in [2.24, 2.45) is 5.10 Å². The van der Waals surface area contributed by atoms with Crippen LogP contribution in [0.25, 0.3) is 6.08 Å². The molecule has 0 atom stereocenters. The summed E-state index contributed by atoms with van der Waals surface area (Å²) in [6.07, 6.45) is 5.62. The molecule has 1 aromatic heterocycles. The molecule has 0 aliphatic heterocycles. The largest absolute Gasteiger partial charge is 0.481 e. The quantitative estimate of drug-likeness (QED) is 0.0954. The fourth-order valence-corrected chi connectivity index (χ4v) is 5.27. The van der Waals surface area contributed by atoms with Gasteiger partial charge in [-0.15, -0.1) is 0 Å². The van der Waals surface area contributed by atoms with Crippen molar-refractivity contribution >= 4 is 87.9 Å². The van der Waals surface area contributed by atoms with Crippen LogP contribution in [0, 0.1) is 0 Å². The fraction of sp³-hybridized carbons (Fsp3) is 0.0455. The van der Waals surface area contributed by atoms with Crippen molar-refractivity contribution in [1.29, 1.82) is 0 Å². The lowest BCUT2D eigenvalue weighted by molar-refractivity contribution is -0.129. The summed E-state index contributed by atoms with van der Waals surface area (Å²) in [6.45, 7) is -0.256. The molecule has 0 radical (unpaired) electrons. The van der Waals surface area contributed by atoms with Gasteiger partial charge in [-0.05, 0) is 80.4 Å². The van der Waals surface area contributed by atoms with Gasteiger partial charge in [0.05, 0.1) is 21.4 Å². The zero-order valence-electron chi connectivity index (χ0n) is 16.6. The van der Waals surface area contributed by atoms with Crippen molar-refractivity contribution in [3.63, 3.8) is 0 Å². The molecule has 1 amide bonds. The SMILES string of the molecule is O=C(COc1c(Br)cc(Br)cc1Br)NN=Cc1cc(Br)ccc1OC(=O)C=Cc1ccco1. The van der Waals surface area contributed by atoms with Gasteiger partial charge in [-0.1, -0.05) is 31.9 Å². The summed E-state index contributed by atoms with van der Waals surface area (Å²) < 4.78 is 19.0. The third-order valence-corrected chi connectivity index (χ3v) is 5.94. The number of carbonyl (C=O) groups is 2. The molecule has 7 nitrogen and oxygen atoms in total. The van der Waals surface area contributed by atoms with E-state index in [9.17, 15) is 9.59 Å². The Bertz CT molecular complexity index is 1190. The molecule has 0 saturated carbocycles. The number of hydrogen-bond donors (Lipinski definition) is 1. The van der Waals surface area contributed by atoms with Gasteiger partial charge in [-0.3, -0.25) is 4.79 Å². The third-order valence-electron chi connectivity index (χ3n) is 3.81. The van der Waals surface area contributed by atoms with E-state index < -0.39 is 11.9 Å². The second kappa shape index (κ2) is 12.3. The normalized spacial score (nSPS) is 11.2. The van der Waals surface area contributed by atoms with Crippen molar-refractivity contribution in [3.05, 3.63) is 84.0 Å². The van der Waals surface area contributed by atoms with Crippen LogP contribution in [0.2, 0.25) is 0 Å². The molecule has 3 rings (SSSR count). The number of amides is 1. The molecule has 1 heterocycles. The minimum Gasteiger partial charge on any atom is -0.481 e. The molecule has 33 heavy (non-hydrogen) atoms. The lowest BCUT2D eigenvalue weighted by Crippen LogP contribution is -2.24. The first-order valence-corrected chi connectivity index (χ1v) is 12.3. The Morgan fingerprint density at radius 2 is 1.79 bits per heavy atom. The van der Waals surface area contributed by atoms with Crippen LogP contribution in [0.5, 0.6) is 11.5 Å². The van der Waals surface area contributed by atoms with Gasteiger partial charge in [0.1, 0.15) is 17.3 Å². The Labute approximate surface area is 222 Å². The van der Waals surface area contributed by atoms with E-state index >= 15 is 0 Å². The Balaban J connectivity index is 1.59. The monoisotopic (exact) mass is 702 g/mol. The van der Waals surface area contributed by atoms with E-state index in [0.29, 0.717) is 26.0 Å². The number of hydrazone groups is 1. The number of hydrogen-bond acceptors (Lipinski definition) is 6. The predicted molar refractivity (Wildman–Crippen MR) is 138 cm³/mol. The van der Waals surface area contributed by atoms with Gasteiger partial charge in [0, 0.05) is 20.6 Å². The smallest absolute Gasteiger partial charge is 0.336 e. The number of nitrogens with zero attached hydrogens (tertiary/aromatic N) is 1. The third kappa shape index (κ3) is 7.95. The van der Waals surface area contributed by atoms with Gasteiger partial charge >= 0.3 is 5.97 Å². The second-order valence-electron chi connectivity index (χ2n) is 6.23. The molecule has 2 aromatic carbocycles. The van der Waals surface area contributed by atoms with E-state index in [0.717, 1.165) is 8.95 Å². The van der Waals surface area contributed by atoms with E-state index in [2.05, 4.69) is 74.2 Å². The lowest BCUT2D eigenvalue weighted by Gasteiger charge is -2.10. The maximum atomic E-state index is 12.1. The zero-order valence-corrected chi connectivity index (χ0v) is 22.9. The van der Waals surface area contributed by atoms with Crippen LogP contribution in [0.3, 0.4) is 0 Å². The standard InChI is InChI=1S/C22H14Br4N2O5/c23-14-3-5-19(33-21(30)6-4-16-2-1-7-31-16)13(8-14)11-27-28-20(29)12-32-22-17(25)9-15(24)10-18(22)26/h1-11H,12H2,(H,28,29). The minimum atomic E-state index is -0.591. The topological polar surface area (TPSA) is 90.1 Å². The molecule has 0 bridgehead atoms. The highest BCUT2D eigenvalue weighted by atomic mass is 79.9. The summed E-state index contributed by atoms with van der Waals surface area (Å²) in [7, 11) is 0. The van der Waals surface area contributed by atoms with Crippen LogP contribution in [0.15, 0.2) is 82.2 Å². The fourth-order valence-electron chi connectivity index (χ4n) is 2.40. The van der Waals surface area contributed by atoms with Crippen molar-refractivity contribution in [1.82, 2.24) is 5.43 Å². The van der Waals surface area contributed by atoms with Gasteiger partial charge in [-0.2, -0.15) is 5.10 Å². The number of esters is 1. The highest BCUT2D eigenvalue weighted by molar-refractivity contribution is 9.11. The first-order valence-electron chi connectivity index (χ1n) is 9.14. The molecule has 0 fully saturated rings.